The maximum Gasteiger partial charge on any atom is 0.328 e. The molecule has 0 aliphatic heterocycles. The van der Waals surface area contributed by atoms with E-state index in [4.69, 9.17) is 16.3 Å². The number of hydrogen-bond donors (Lipinski definition) is 3. The van der Waals surface area contributed by atoms with Gasteiger partial charge in [-0.1, -0.05) is 17.7 Å². The molecule has 0 aliphatic rings. The predicted octanol–water partition coefficient (Wildman–Crippen LogP) is 5.27. The second-order valence-electron chi connectivity index (χ2n) is 8.17. The number of anilines is 2. The Morgan fingerprint density at radius 2 is 1.56 bits per heavy atom. The first-order valence-corrected chi connectivity index (χ1v) is 11.7. The molecule has 3 amide bonds. The van der Waals surface area contributed by atoms with Crippen LogP contribution in [-0.4, -0.2) is 29.0 Å². The van der Waals surface area contributed by atoms with Gasteiger partial charge in [0.25, 0.3) is 5.91 Å². The Bertz CT molecular complexity index is 1460. The molecule has 0 aliphatic carbocycles. The Kier molecular flexibility index (Phi) is 7.26. The minimum atomic E-state index is -0.948. The highest BCUT2D eigenvalue weighted by atomic mass is 35.5. The van der Waals surface area contributed by atoms with Gasteiger partial charge in [0.05, 0.1) is 12.1 Å². The second kappa shape index (κ2) is 10.5. The average molecular weight is 505 g/mol. The predicted molar refractivity (Wildman–Crippen MR) is 141 cm³/mol. The van der Waals surface area contributed by atoms with Crippen LogP contribution in [0.4, 0.5) is 11.4 Å². The molecule has 4 rings (SSSR count). The fourth-order valence-corrected chi connectivity index (χ4v) is 3.81. The number of nitrogens with zero attached hydrogens (tertiary/aromatic N) is 1. The van der Waals surface area contributed by atoms with Crippen LogP contribution in [0.1, 0.15) is 28.5 Å². The lowest BCUT2D eigenvalue weighted by Gasteiger charge is -2.13. The summed E-state index contributed by atoms with van der Waals surface area (Å²) in [6.45, 7) is 6.32. The number of carbonyl (C=O) groups excluding carboxylic acids is 3. The van der Waals surface area contributed by atoms with Crippen LogP contribution in [0.25, 0.3) is 10.9 Å². The number of carbonyl (C=O) groups is 3. The summed E-state index contributed by atoms with van der Waals surface area (Å²) in [5.74, 6) is -1.65. The summed E-state index contributed by atoms with van der Waals surface area (Å²) in [7, 11) is 0. The van der Waals surface area contributed by atoms with E-state index in [0.29, 0.717) is 39.7 Å². The molecule has 0 spiro atoms. The number of aromatic nitrogens is 1. The van der Waals surface area contributed by atoms with E-state index in [1.807, 2.05) is 32.9 Å². The van der Waals surface area contributed by atoms with Crippen molar-refractivity contribution in [1.29, 1.82) is 0 Å². The molecule has 1 heterocycles. The quantitative estimate of drug-likeness (QED) is 0.311. The van der Waals surface area contributed by atoms with E-state index < -0.39 is 17.7 Å². The van der Waals surface area contributed by atoms with Crippen LogP contribution in [0.5, 0.6) is 5.75 Å². The van der Waals surface area contributed by atoms with Gasteiger partial charge in [-0.2, -0.15) is 0 Å². The first-order valence-electron chi connectivity index (χ1n) is 11.3. The van der Waals surface area contributed by atoms with Gasteiger partial charge in [0.1, 0.15) is 11.4 Å². The zero-order chi connectivity index (χ0) is 25.8. The van der Waals surface area contributed by atoms with E-state index in [1.54, 1.807) is 54.6 Å². The third kappa shape index (κ3) is 5.50. The summed E-state index contributed by atoms with van der Waals surface area (Å²) in [5, 5.41) is 6.48. The Morgan fingerprint density at radius 3 is 2.25 bits per heavy atom. The first kappa shape index (κ1) is 24.8. The molecule has 1 aromatic heterocycles. The van der Waals surface area contributed by atoms with E-state index in [2.05, 4.69) is 16.1 Å². The standard InChI is InChI=1S/C27H25ClN4O4/c1-4-36-22-10-8-20(9-11-22)29-26(34)27(35)31-32-23-12-6-19(28)14-18(23)15-24(32)25(33)30-21-7-5-16(2)17(3)13-21/h5-15H,4H2,1-3H3,(H,29,34)(H,30,33)(H,31,35). The maximum atomic E-state index is 13.2. The van der Waals surface area contributed by atoms with E-state index in [-0.39, 0.29) is 5.69 Å². The zero-order valence-electron chi connectivity index (χ0n) is 20.0. The largest absolute Gasteiger partial charge is 0.494 e. The molecule has 8 nitrogen and oxygen atoms in total. The smallest absolute Gasteiger partial charge is 0.328 e. The second-order valence-corrected chi connectivity index (χ2v) is 8.61. The minimum Gasteiger partial charge on any atom is -0.494 e. The van der Waals surface area contributed by atoms with Crippen molar-refractivity contribution in [3.05, 3.63) is 88.6 Å². The van der Waals surface area contributed by atoms with Crippen LogP contribution in [0.15, 0.2) is 66.7 Å². The van der Waals surface area contributed by atoms with E-state index >= 15 is 0 Å². The van der Waals surface area contributed by atoms with Crippen LogP contribution in [0, 0.1) is 13.8 Å². The molecular formula is C27H25ClN4O4. The van der Waals surface area contributed by atoms with Crippen molar-refractivity contribution < 1.29 is 19.1 Å². The van der Waals surface area contributed by atoms with Crippen LogP contribution < -0.4 is 20.8 Å². The van der Waals surface area contributed by atoms with Crippen LogP contribution in [0.3, 0.4) is 0 Å². The van der Waals surface area contributed by atoms with Gasteiger partial charge >= 0.3 is 11.8 Å². The van der Waals surface area contributed by atoms with Crippen molar-refractivity contribution in [3.63, 3.8) is 0 Å². The van der Waals surface area contributed by atoms with E-state index in [1.165, 1.54) is 4.68 Å². The number of amides is 3. The number of halogens is 1. The monoisotopic (exact) mass is 504 g/mol. The molecule has 0 atom stereocenters. The van der Waals surface area contributed by atoms with Gasteiger partial charge < -0.3 is 15.4 Å². The fraction of sp³-hybridized carbons (Fsp3) is 0.148. The summed E-state index contributed by atoms with van der Waals surface area (Å²) in [6, 6.07) is 18.8. The number of aryl methyl sites for hydroxylation is 2. The van der Waals surface area contributed by atoms with E-state index in [9.17, 15) is 14.4 Å². The van der Waals surface area contributed by atoms with Gasteiger partial charge in [-0.05, 0) is 92.6 Å². The Hall–Kier alpha value is -4.30. The van der Waals surface area contributed by atoms with Gasteiger partial charge in [-0.25, -0.2) is 4.68 Å². The highest BCUT2D eigenvalue weighted by Crippen LogP contribution is 2.24. The SMILES string of the molecule is CCOc1ccc(NC(=O)C(=O)Nn2c(C(=O)Nc3ccc(C)c(C)c3)cc3cc(Cl)ccc32)cc1. The molecule has 0 bridgehead atoms. The summed E-state index contributed by atoms with van der Waals surface area (Å²) in [5.41, 5.74) is 6.33. The van der Waals surface area contributed by atoms with Crippen LogP contribution in [-0.2, 0) is 9.59 Å². The molecule has 3 aromatic carbocycles. The topological polar surface area (TPSA) is 101 Å². The van der Waals surface area contributed by atoms with Gasteiger partial charge in [0.15, 0.2) is 0 Å². The molecule has 0 saturated carbocycles. The minimum absolute atomic E-state index is 0.132. The Morgan fingerprint density at radius 1 is 0.833 bits per heavy atom. The molecule has 36 heavy (non-hydrogen) atoms. The summed E-state index contributed by atoms with van der Waals surface area (Å²) in [4.78, 5) is 38.6. The van der Waals surface area contributed by atoms with Gasteiger partial charge in [0.2, 0.25) is 0 Å². The first-order chi connectivity index (χ1) is 17.2. The van der Waals surface area contributed by atoms with Crippen molar-refractivity contribution in [1.82, 2.24) is 4.68 Å². The van der Waals surface area contributed by atoms with E-state index in [0.717, 1.165) is 11.1 Å². The molecule has 4 aromatic rings. The molecule has 9 heteroatoms. The Labute approximate surface area is 213 Å². The van der Waals surface area contributed by atoms with Crippen LogP contribution >= 0.6 is 11.6 Å². The lowest BCUT2D eigenvalue weighted by molar-refractivity contribution is -0.133. The van der Waals surface area contributed by atoms with Gasteiger partial charge in [0, 0.05) is 21.8 Å². The highest BCUT2D eigenvalue weighted by Gasteiger charge is 2.21. The summed E-state index contributed by atoms with van der Waals surface area (Å²) >= 11 is 6.13. The number of ether oxygens (including phenoxy) is 1. The summed E-state index contributed by atoms with van der Waals surface area (Å²) < 4.78 is 6.66. The molecule has 0 fully saturated rings. The maximum absolute atomic E-state index is 13.2. The van der Waals surface area contributed by atoms with Crippen molar-refractivity contribution in [2.45, 2.75) is 20.8 Å². The number of hydrogen-bond acceptors (Lipinski definition) is 4. The molecule has 0 unspecified atom stereocenters. The fourth-order valence-electron chi connectivity index (χ4n) is 3.63. The molecular weight excluding hydrogens is 480 g/mol. The number of benzene rings is 3. The summed E-state index contributed by atoms with van der Waals surface area (Å²) in [6.07, 6.45) is 0. The number of fused-ring (bicyclic) bond motifs is 1. The van der Waals surface area contributed by atoms with Gasteiger partial charge in [-0.3, -0.25) is 19.8 Å². The van der Waals surface area contributed by atoms with Crippen molar-refractivity contribution in [2.24, 2.45) is 0 Å². The number of rotatable bonds is 6. The third-order valence-electron chi connectivity index (χ3n) is 5.60. The molecule has 0 radical (unpaired) electrons. The third-order valence-corrected chi connectivity index (χ3v) is 5.84. The Balaban J connectivity index is 1.58. The lowest BCUT2D eigenvalue weighted by Crippen LogP contribution is -2.36. The normalized spacial score (nSPS) is 10.7. The zero-order valence-corrected chi connectivity index (χ0v) is 20.8. The van der Waals surface area contributed by atoms with Crippen molar-refractivity contribution in [3.8, 4) is 5.75 Å². The average Bonchev–Trinajstić information content (AvgIpc) is 3.20. The lowest BCUT2D eigenvalue weighted by atomic mass is 10.1. The van der Waals surface area contributed by atoms with Crippen molar-refractivity contribution >= 4 is 51.6 Å². The molecule has 184 valence electrons. The van der Waals surface area contributed by atoms with Crippen molar-refractivity contribution in [2.75, 3.05) is 22.7 Å². The van der Waals surface area contributed by atoms with Crippen LogP contribution in [0.2, 0.25) is 5.02 Å². The number of nitrogens with one attached hydrogen (secondary N) is 3. The highest BCUT2D eigenvalue weighted by molar-refractivity contribution is 6.42. The molecule has 0 saturated heterocycles. The van der Waals surface area contributed by atoms with Gasteiger partial charge in [-0.15, -0.1) is 0 Å². The molecule has 3 N–H and O–H groups in total.